The van der Waals surface area contributed by atoms with Gasteiger partial charge in [0.15, 0.2) is 0 Å². The fourth-order valence-electron chi connectivity index (χ4n) is 2.87. The van der Waals surface area contributed by atoms with Crippen LogP contribution in [0.5, 0.6) is 0 Å². The minimum absolute atomic E-state index is 0. The molecule has 138 valence electrons. The first-order chi connectivity index (χ1) is 10.6. The predicted octanol–water partition coefficient (Wildman–Crippen LogP) is 3.58. The molecule has 1 aromatic rings. The van der Waals surface area contributed by atoms with Crippen molar-refractivity contribution in [2.75, 3.05) is 6.54 Å². The molecule has 2 unspecified atom stereocenters. The average molecular weight is 407 g/mol. The fourth-order valence-corrected chi connectivity index (χ4v) is 4.59. The first-order valence-electron chi connectivity index (χ1n) is 7.24. The molecule has 1 saturated carbocycles. The molecular weight excluding hydrogens is 388 g/mol. The zero-order valence-electron chi connectivity index (χ0n) is 12.6. The number of sulfonamides is 1. The lowest BCUT2D eigenvalue weighted by Gasteiger charge is -2.31. The van der Waals surface area contributed by atoms with Crippen LogP contribution in [0.3, 0.4) is 0 Å². The van der Waals surface area contributed by atoms with Gasteiger partial charge >= 0.3 is 6.18 Å². The van der Waals surface area contributed by atoms with E-state index in [-0.39, 0.29) is 23.3 Å². The van der Waals surface area contributed by atoms with Crippen molar-refractivity contribution in [3.8, 4) is 0 Å². The third kappa shape index (κ3) is 4.98. The highest BCUT2D eigenvalue weighted by molar-refractivity contribution is 7.89. The molecule has 0 spiro atoms. The molecule has 24 heavy (non-hydrogen) atoms. The monoisotopic (exact) mass is 406 g/mol. The van der Waals surface area contributed by atoms with Crippen LogP contribution in [-0.4, -0.2) is 21.0 Å². The predicted molar refractivity (Wildman–Crippen MR) is 88.8 cm³/mol. The Morgan fingerprint density at radius 1 is 1.25 bits per heavy atom. The van der Waals surface area contributed by atoms with Crippen LogP contribution in [0.4, 0.5) is 13.2 Å². The van der Waals surface area contributed by atoms with Gasteiger partial charge in [-0.05, 0) is 43.5 Å². The molecule has 0 aliphatic heterocycles. The molecule has 0 heterocycles. The minimum atomic E-state index is -4.81. The molecule has 0 amide bonds. The van der Waals surface area contributed by atoms with E-state index in [0.29, 0.717) is 19.0 Å². The highest BCUT2D eigenvalue weighted by atomic mass is 35.5. The van der Waals surface area contributed by atoms with E-state index in [0.717, 1.165) is 31.4 Å². The average Bonchev–Trinajstić information content (AvgIpc) is 2.46. The topological polar surface area (TPSA) is 72.2 Å². The Morgan fingerprint density at radius 3 is 2.46 bits per heavy atom. The van der Waals surface area contributed by atoms with Gasteiger partial charge < -0.3 is 5.73 Å². The first-order valence-corrected chi connectivity index (χ1v) is 9.10. The summed E-state index contributed by atoms with van der Waals surface area (Å²) in [5.41, 5.74) is 4.37. The Kier molecular flexibility index (Phi) is 7.37. The smallest absolute Gasteiger partial charge is 0.330 e. The number of nitrogens with one attached hydrogen (secondary N) is 1. The van der Waals surface area contributed by atoms with Gasteiger partial charge in [0.2, 0.25) is 10.0 Å². The summed E-state index contributed by atoms with van der Waals surface area (Å²) < 4.78 is 66.6. The summed E-state index contributed by atoms with van der Waals surface area (Å²) in [5, 5.41) is -0.172. The molecule has 1 aromatic carbocycles. The number of benzene rings is 1. The quantitative estimate of drug-likeness (QED) is 0.802. The molecule has 1 fully saturated rings. The minimum Gasteiger partial charge on any atom is -0.330 e. The molecule has 1 aliphatic rings. The summed E-state index contributed by atoms with van der Waals surface area (Å²) in [6.45, 7) is 0.292. The summed E-state index contributed by atoms with van der Waals surface area (Å²) in [4.78, 5) is -0.809. The molecule has 3 N–H and O–H groups in total. The number of hydrogen-bond acceptors (Lipinski definition) is 3. The molecule has 0 aromatic heterocycles. The Hall–Kier alpha value is -0.540. The number of hydrogen-bond donors (Lipinski definition) is 2. The van der Waals surface area contributed by atoms with Gasteiger partial charge in [-0.1, -0.05) is 24.4 Å². The molecule has 2 atom stereocenters. The van der Waals surface area contributed by atoms with Gasteiger partial charge in [0, 0.05) is 11.1 Å². The highest BCUT2D eigenvalue weighted by Crippen LogP contribution is 2.36. The second kappa shape index (κ2) is 8.23. The third-order valence-corrected chi connectivity index (χ3v) is 5.84. The normalized spacial score (nSPS) is 22.0. The van der Waals surface area contributed by atoms with Crippen molar-refractivity contribution in [2.24, 2.45) is 11.7 Å². The van der Waals surface area contributed by atoms with Crippen LogP contribution in [0.2, 0.25) is 5.02 Å². The zero-order chi connectivity index (χ0) is 17.3. The SMILES string of the molecule is Cl.NCC1CCCCC1NS(=O)(=O)c1ccc(Cl)cc1C(F)(F)F. The van der Waals surface area contributed by atoms with Gasteiger partial charge in [0.05, 0.1) is 10.5 Å². The van der Waals surface area contributed by atoms with Crippen molar-refractivity contribution in [1.29, 1.82) is 0 Å². The van der Waals surface area contributed by atoms with Gasteiger partial charge in [-0.2, -0.15) is 13.2 Å². The Bertz CT molecular complexity index is 668. The second-order valence-electron chi connectivity index (χ2n) is 5.65. The van der Waals surface area contributed by atoms with E-state index in [1.54, 1.807) is 0 Å². The fraction of sp³-hybridized carbons (Fsp3) is 0.571. The van der Waals surface area contributed by atoms with E-state index in [9.17, 15) is 21.6 Å². The maximum Gasteiger partial charge on any atom is 0.417 e. The number of rotatable bonds is 4. The molecule has 0 saturated heterocycles. The summed E-state index contributed by atoms with van der Waals surface area (Å²) in [5.74, 6) is -0.0693. The number of alkyl halides is 3. The van der Waals surface area contributed by atoms with Crippen molar-refractivity contribution in [3.05, 3.63) is 28.8 Å². The molecule has 2 rings (SSSR count). The van der Waals surface area contributed by atoms with E-state index in [1.165, 1.54) is 0 Å². The molecule has 4 nitrogen and oxygen atoms in total. The second-order valence-corrected chi connectivity index (χ2v) is 7.77. The lowest BCUT2D eigenvalue weighted by molar-refractivity contribution is -0.139. The Labute approximate surface area is 150 Å². The lowest BCUT2D eigenvalue weighted by atomic mass is 9.85. The van der Waals surface area contributed by atoms with Crippen LogP contribution in [0.25, 0.3) is 0 Å². The van der Waals surface area contributed by atoms with E-state index < -0.39 is 32.7 Å². The standard InChI is InChI=1S/C14H18ClF3N2O2S.ClH/c15-10-5-6-13(11(7-10)14(16,17)18)23(21,22)20-12-4-2-1-3-9(12)8-19;/h5-7,9,12,20H,1-4,8,19H2;1H. The third-order valence-electron chi connectivity index (χ3n) is 4.05. The summed E-state index contributed by atoms with van der Waals surface area (Å²) in [6.07, 6.45) is -1.73. The van der Waals surface area contributed by atoms with Gasteiger partial charge in [-0.15, -0.1) is 12.4 Å². The van der Waals surface area contributed by atoms with Crippen molar-refractivity contribution in [3.63, 3.8) is 0 Å². The first kappa shape index (κ1) is 21.5. The van der Waals surface area contributed by atoms with Crippen molar-refractivity contribution < 1.29 is 21.6 Å². The molecular formula is C14H19Cl2F3N2O2S. The van der Waals surface area contributed by atoms with E-state index in [1.807, 2.05) is 0 Å². The maximum atomic E-state index is 13.1. The largest absolute Gasteiger partial charge is 0.417 e. The van der Waals surface area contributed by atoms with Crippen molar-refractivity contribution in [2.45, 2.75) is 42.8 Å². The van der Waals surface area contributed by atoms with Crippen LogP contribution in [-0.2, 0) is 16.2 Å². The highest BCUT2D eigenvalue weighted by Gasteiger charge is 2.38. The van der Waals surface area contributed by atoms with E-state index >= 15 is 0 Å². The van der Waals surface area contributed by atoms with E-state index in [2.05, 4.69) is 4.72 Å². The molecule has 1 aliphatic carbocycles. The van der Waals surface area contributed by atoms with Gasteiger partial charge in [0.25, 0.3) is 0 Å². The summed E-state index contributed by atoms with van der Waals surface area (Å²) in [7, 11) is -4.32. The molecule has 10 heteroatoms. The van der Waals surface area contributed by atoms with Crippen LogP contribution in [0.1, 0.15) is 31.2 Å². The zero-order valence-corrected chi connectivity index (χ0v) is 15.0. The molecule has 0 radical (unpaired) electrons. The van der Waals surface area contributed by atoms with Gasteiger partial charge in [-0.3, -0.25) is 0 Å². The molecule has 0 bridgehead atoms. The number of nitrogens with two attached hydrogens (primary N) is 1. The Balaban J connectivity index is 0.00000288. The Morgan fingerprint density at radius 2 is 1.88 bits per heavy atom. The van der Waals surface area contributed by atoms with Crippen molar-refractivity contribution >= 4 is 34.0 Å². The van der Waals surface area contributed by atoms with Crippen LogP contribution in [0.15, 0.2) is 23.1 Å². The van der Waals surface area contributed by atoms with Crippen LogP contribution < -0.4 is 10.5 Å². The van der Waals surface area contributed by atoms with Crippen molar-refractivity contribution in [1.82, 2.24) is 4.72 Å². The van der Waals surface area contributed by atoms with Gasteiger partial charge in [0.1, 0.15) is 0 Å². The van der Waals surface area contributed by atoms with Gasteiger partial charge in [-0.25, -0.2) is 13.1 Å². The summed E-state index contributed by atoms with van der Waals surface area (Å²) in [6, 6.07) is 2.19. The maximum absolute atomic E-state index is 13.1. The lowest BCUT2D eigenvalue weighted by Crippen LogP contribution is -2.45. The van der Waals surface area contributed by atoms with E-state index in [4.69, 9.17) is 17.3 Å². The van der Waals surface area contributed by atoms with Crippen LogP contribution >= 0.6 is 24.0 Å². The number of halogens is 5. The summed E-state index contributed by atoms with van der Waals surface area (Å²) >= 11 is 5.58. The van der Waals surface area contributed by atoms with Crippen LogP contribution in [0, 0.1) is 5.92 Å².